The maximum Gasteiger partial charge on any atom is 0.352 e. The number of ether oxygens (including phenoxy) is 1. The topological polar surface area (TPSA) is 62.3 Å². The van der Waals surface area contributed by atoms with E-state index >= 15 is 0 Å². The lowest BCUT2D eigenvalue weighted by Crippen LogP contribution is -2.04. The Kier molecular flexibility index (Phi) is 5.76. The molecule has 0 amide bonds. The van der Waals surface area contributed by atoms with Gasteiger partial charge in [-0.2, -0.15) is 0 Å². The van der Waals surface area contributed by atoms with Gasteiger partial charge in [0.15, 0.2) is 0 Å². The highest BCUT2D eigenvalue weighted by atomic mass is 35.5. The lowest BCUT2D eigenvalue weighted by Gasteiger charge is -2.10. The molecule has 0 radical (unpaired) electrons. The zero-order valence-electron chi connectivity index (χ0n) is 17.8. The van der Waals surface area contributed by atoms with Gasteiger partial charge < -0.3 is 14.8 Å². The number of rotatable bonds is 7. The lowest BCUT2D eigenvalue weighted by atomic mass is 10.00. The normalized spacial score (nSPS) is 11.2. The Labute approximate surface area is 196 Å². The molecule has 4 aromatic carbocycles. The minimum atomic E-state index is -0.971. The zero-order chi connectivity index (χ0) is 22.8. The summed E-state index contributed by atoms with van der Waals surface area (Å²) in [7, 11) is 0. The summed E-state index contributed by atoms with van der Waals surface area (Å²) >= 11 is 6.42. The van der Waals surface area contributed by atoms with Crippen LogP contribution < -0.4 is 4.74 Å². The molecule has 0 aliphatic carbocycles. The molecule has 164 valence electrons. The summed E-state index contributed by atoms with van der Waals surface area (Å²) in [5.41, 5.74) is 3.54. The number of aromatic carboxylic acids is 1. The maximum atomic E-state index is 12.0. The highest BCUT2D eigenvalue weighted by Crippen LogP contribution is 2.35. The molecule has 0 aliphatic heterocycles. The molecule has 0 saturated heterocycles. The van der Waals surface area contributed by atoms with Crippen molar-refractivity contribution in [2.45, 2.75) is 12.8 Å². The molecule has 5 rings (SSSR count). The Morgan fingerprint density at radius 3 is 2.39 bits per heavy atom. The molecule has 1 heterocycles. The number of hydrogen-bond donors (Lipinski definition) is 2. The summed E-state index contributed by atoms with van der Waals surface area (Å²) in [6, 6.07) is 27.6. The average molecular weight is 456 g/mol. The van der Waals surface area contributed by atoms with E-state index in [2.05, 4.69) is 17.1 Å². The summed E-state index contributed by atoms with van der Waals surface area (Å²) in [6.07, 6.45) is 1.27. The Hall–Kier alpha value is -3.76. The quantitative estimate of drug-likeness (QED) is 0.252. The summed E-state index contributed by atoms with van der Waals surface area (Å²) in [5.74, 6) is -0.132. The van der Waals surface area contributed by atoms with Crippen LogP contribution in [0.4, 0.5) is 0 Å². The Bertz CT molecular complexity index is 1470. The van der Waals surface area contributed by atoms with Crippen molar-refractivity contribution in [3.05, 3.63) is 101 Å². The third-order valence-corrected chi connectivity index (χ3v) is 6.23. The number of aryl methyl sites for hydroxylation is 1. The van der Waals surface area contributed by atoms with Crippen molar-refractivity contribution in [1.29, 1.82) is 0 Å². The fraction of sp³-hybridized carbons (Fsp3) is 0.107. The smallest absolute Gasteiger partial charge is 0.352 e. The Morgan fingerprint density at radius 2 is 1.55 bits per heavy atom. The Balaban J connectivity index is 1.42. The van der Waals surface area contributed by atoms with Gasteiger partial charge in [0.2, 0.25) is 0 Å². The summed E-state index contributed by atoms with van der Waals surface area (Å²) < 4.78 is 6.06. The van der Waals surface area contributed by atoms with Gasteiger partial charge in [0.1, 0.15) is 11.4 Å². The second-order valence-electron chi connectivity index (χ2n) is 7.92. The van der Waals surface area contributed by atoms with E-state index in [1.165, 1.54) is 0 Å². The van der Waals surface area contributed by atoms with Gasteiger partial charge in [-0.15, -0.1) is 0 Å². The molecule has 1 aromatic heterocycles. The number of H-pyrrole nitrogens is 1. The number of aromatic amines is 1. The molecule has 2 N–H and O–H groups in total. The van der Waals surface area contributed by atoms with Crippen molar-refractivity contribution in [3.63, 3.8) is 0 Å². The van der Waals surface area contributed by atoms with Crippen LogP contribution in [0.15, 0.2) is 84.9 Å². The van der Waals surface area contributed by atoms with E-state index in [0.29, 0.717) is 24.5 Å². The van der Waals surface area contributed by atoms with E-state index in [0.717, 1.165) is 44.1 Å². The van der Waals surface area contributed by atoms with Crippen LogP contribution in [0, 0.1) is 0 Å². The van der Waals surface area contributed by atoms with Crippen LogP contribution in [-0.4, -0.2) is 22.7 Å². The van der Waals surface area contributed by atoms with Crippen LogP contribution in [-0.2, 0) is 6.42 Å². The number of nitrogens with one attached hydrogen (secondary N) is 1. The van der Waals surface area contributed by atoms with Crippen LogP contribution in [0.5, 0.6) is 5.75 Å². The number of halogens is 1. The molecule has 33 heavy (non-hydrogen) atoms. The van der Waals surface area contributed by atoms with E-state index in [1.54, 1.807) is 0 Å². The molecule has 4 nitrogen and oxygen atoms in total. The predicted molar refractivity (Wildman–Crippen MR) is 133 cm³/mol. The largest absolute Gasteiger partial charge is 0.493 e. The molecule has 0 unspecified atom stereocenters. The molecule has 5 aromatic rings. The third kappa shape index (κ3) is 4.06. The van der Waals surface area contributed by atoms with Crippen LogP contribution in [0.25, 0.3) is 32.8 Å². The van der Waals surface area contributed by atoms with E-state index in [9.17, 15) is 9.90 Å². The highest BCUT2D eigenvalue weighted by Gasteiger charge is 2.19. The van der Waals surface area contributed by atoms with Crippen LogP contribution in [0.3, 0.4) is 0 Å². The first kappa shape index (κ1) is 21.1. The number of carboxylic acids is 1. The number of aromatic nitrogens is 1. The van der Waals surface area contributed by atoms with E-state index in [-0.39, 0.29) is 5.69 Å². The first-order valence-corrected chi connectivity index (χ1v) is 11.2. The van der Waals surface area contributed by atoms with Gasteiger partial charge in [0, 0.05) is 26.9 Å². The van der Waals surface area contributed by atoms with Crippen LogP contribution in [0.1, 0.15) is 22.5 Å². The molecule has 0 bridgehead atoms. The van der Waals surface area contributed by atoms with Gasteiger partial charge in [-0.05, 0) is 35.9 Å². The second-order valence-corrected chi connectivity index (χ2v) is 8.33. The SMILES string of the molecule is O=C(O)c1[nH]c2c(-c3ccccc3Cl)cccc2c1CCCOc1cccc2ccccc12. The van der Waals surface area contributed by atoms with E-state index in [1.807, 2.05) is 72.8 Å². The van der Waals surface area contributed by atoms with E-state index < -0.39 is 5.97 Å². The molecule has 0 spiro atoms. The highest BCUT2D eigenvalue weighted by molar-refractivity contribution is 6.33. The Morgan fingerprint density at radius 1 is 0.848 bits per heavy atom. The number of benzene rings is 4. The van der Waals surface area contributed by atoms with Crippen LogP contribution >= 0.6 is 11.6 Å². The second kappa shape index (κ2) is 9.00. The standard InChI is InChI=1S/C28H22ClNO3/c29-24-15-4-3-11-20(24)21-12-6-13-22-23(27(28(31)32)30-26(21)22)14-7-17-33-25-16-5-9-18-8-1-2-10-19(18)25/h1-6,8-13,15-16,30H,7,14,17H2,(H,31,32). The minimum absolute atomic E-state index is 0.217. The average Bonchev–Trinajstić information content (AvgIpc) is 3.21. The molecule has 5 heteroatoms. The molecular weight excluding hydrogens is 434 g/mol. The van der Waals surface area contributed by atoms with Crippen LogP contribution in [0.2, 0.25) is 5.02 Å². The molecule has 0 aliphatic rings. The first-order chi connectivity index (χ1) is 16.1. The maximum absolute atomic E-state index is 12.0. The van der Waals surface area contributed by atoms with E-state index in [4.69, 9.17) is 16.3 Å². The van der Waals surface area contributed by atoms with Gasteiger partial charge in [-0.25, -0.2) is 4.79 Å². The number of carbonyl (C=O) groups is 1. The first-order valence-electron chi connectivity index (χ1n) is 10.9. The molecule has 0 fully saturated rings. The molecule has 0 atom stereocenters. The summed E-state index contributed by atoms with van der Waals surface area (Å²) in [4.78, 5) is 15.2. The van der Waals surface area contributed by atoms with Crippen molar-refractivity contribution in [2.24, 2.45) is 0 Å². The number of hydrogen-bond acceptors (Lipinski definition) is 2. The van der Waals surface area contributed by atoms with Gasteiger partial charge in [-0.3, -0.25) is 0 Å². The zero-order valence-corrected chi connectivity index (χ0v) is 18.6. The fourth-order valence-electron chi connectivity index (χ4n) is 4.37. The third-order valence-electron chi connectivity index (χ3n) is 5.90. The molecular formula is C28H22ClNO3. The van der Waals surface area contributed by atoms with Crippen molar-refractivity contribution < 1.29 is 14.6 Å². The summed E-state index contributed by atoms with van der Waals surface area (Å²) in [5, 5.41) is 13.6. The van der Waals surface area contributed by atoms with Crippen molar-refractivity contribution in [1.82, 2.24) is 4.98 Å². The van der Waals surface area contributed by atoms with Crippen molar-refractivity contribution >= 4 is 39.2 Å². The minimum Gasteiger partial charge on any atom is -0.493 e. The summed E-state index contributed by atoms with van der Waals surface area (Å²) in [6.45, 7) is 0.490. The number of carboxylic acid groups (broad SMARTS) is 1. The molecule has 0 saturated carbocycles. The van der Waals surface area contributed by atoms with Crippen molar-refractivity contribution in [3.8, 4) is 16.9 Å². The predicted octanol–water partition coefficient (Wildman–Crippen LogP) is 7.35. The van der Waals surface area contributed by atoms with Gasteiger partial charge in [-0.1, -0.05) is 84.4 Å². The lowest BCUT2D eigenvalue weighted by molar-refractivity contribution is 0.0690. The number of para-hydroxylation sites is 1. The number of fused-ring (bicyclic) bond motifs is 2. The monoisotopic (exact) mass is 455 g/mol. The van der Waals surface area contributed by atoms with Gasteiger partial charge >= 0.3 is 5.97 Å². The fourth-order valence-corrected chi connectivity index (χ4v) is 4.61. The van der Waals surface area contributed by atoms with Crippen molar-refractivity contribution in [2.75, 3.05) is 6.61 Å². The van der Waals surface area contributed by atoms with Gasteiger partial charge in [0.25, 0.3) is 0 Å². The van der Waals surface area contributed by atoms with Gasteiger partial charge in [0.05, 0.1) is 12.1 Å².